The second kappa shape index (κ2) is 32.1. The van der Waals surface area contributed by atoms with Crippen LogP contribution in [0.2, 0.25) is 0 Å². The van der Waals surface area contributed by atoms with E-state index in [1.165, 1.54) is 63.3 Å². The maximum atomic E-state index is 14.1. The number of carbonyl (C=O) groups is 7. The first-order chi connectivity index (χ1) is 48.0. The summed E-state index contributed by atoms with van der Waals surface area (Å²) < 4.78 is 76.0. The molecule has 0 bridgehead atoms. The largest absolute Gasteiger partial charge is 0.496 e. The van der Waals surface area contributed by atoms with Crippen molar-refractivity contribution in [1.29, 1.82) is 0 Å². The van der Waals surface area contributed by atoms with E-state index in [9.17, 15) is 46.7 Å². The molecule has 3 aliphatic heterocycles. The van der Waals surface area contributed by atoms with Crippen LogP contribution in [0, 0.1) is 53.3 Å². The fourth-order valence-electron chi connectivity index (χ4n) is 11.3. The van der Waals surface area contributed by atoms with Gasteiger partial charge in [-0.25, -0.2) is 38.1 Å². The number of primary amides is 3. The molecule has 0 spiro atoms. The number of hydrogen-bond acceptors (Lipinski definition) is 21. The van der Waals surface area contributed by atoms with Gasteiger partial charge in [0.15, 0.2) is 18.5 Å². The first-order valence-corrected chi connectivity index (χ1v) is 30.9. The lowest BCUT2D eigenvalue weighted by Gasteiger charge is -2.19. The highest BCUT2D eigenvalue weighted by molar-refractivity contribution is 6.06. The summed E-state index contributed by atoms with van der Waals surface area (Å²) in [4.78, 5) is 105. The number of rotatable bonds is 18. The Morgan fingerprint density at radius 3 is 1.19 bits per heavy atom. The van der Waals surface area contributed by atoms with E-state index in [0.29, 0.717) is 73.8 Å². The lowest BCUT2D eigenvalue weighted by atomic mass is 9.97. The number of H-pyrrole nitrogens is 1. The van der Waals surface area contributed by atoms with Crippen LogP contribution in [0.1, 0.15) is 99.2 Å². The Bertz CT molecular complexity index is 4670. The van der Waals surface area contributed by atoms with Crippen molar-refractivity contribution < 1.29 is 75.2 Å². The average molecular weight is 1370 g/mol. The highest BCUT2D eigenvalue weighted by Gasteiger charge is 2.44. The molecule has 100 heavy (non-hydrogen) atoms. The molecule has 0 unspecified atom stereocenters. The summed E-state index contributed by atoms with van der Waals surface area (Å²) in [5, 5.41) is 24.2. The Hall–Kier alpha value is -12.4. The van der Waals surface area contributed by atoms with E-state index in [1.807, 2.05) is 13.8 Å². The second-order valence-corrected chi connectivity index (χ2v) is 22.8. The van der Waals surface area contributed by atoms with Crippen molar-refractivity contribution >= 4 is 73.7 Å². The molecular formula is C68H67F3N16O13. The summed E-state index contributed by atoms with van der Waals surface area (Å²) in [5.41, 5.74) is 18.9. The number of methoxy groups -OCH3 is 3. The van der Waals surface area contributed by atoms with Gasteiger partial charge in [0.2, 0.25) is 23.5 Å². The van der Waals surface area contributed by atoms with Crippen LogP contribution in [0.15, 0.2) is 73.7 Å². The molecule has 5 aromatic heterocycles. The summed E-state index contributed by atoms with van der Waals surface area (Å²) in [6.45, 7) is 5.47. The Morgan fingerprint density at radius 2 is 0.870 bits per heavy atom. The molecule has 3 aromatic carbocycles. The van der Waals surface area contributed by atoms with Gasteiger partial charge in [0, 0.05) is 101 Å². The third-order valence-corrected chi connectivity index (χ3v) is 16.6. The fourth-order valence-corrected chi connectivity index (χ4v) is 11.3. The number of carbonyl (C=O) groups excluding carboxylic acids is 7. The zero-order chi connectivity index (χ0) is 72.1. The van der Waals surface area contributed by atoms with Crippen LogP contribution in [-0.2, 0) is 19.2 Å². The molecule has 10 N–H and O–H groups in total. The van der Waals surface area contributed by atoms with E-state index in [2.05, 4.69) is 97.0 Å². The number of aromatic nitrogens is 9. The molecule has 518 valence electrons. The number of alkyl halides is 3. The van der Waals surface area contributed by atoms with E-state index in [0.717, 1.165) is 0 Å². The van der Waals surface area contributed by atoms with Crippen LogP contribution >= 0.6 is 0 Å². The van der Waals surface area contributed by atoms with Gasteiger partial charge in [-0.3, -0.25) is 33.6 Å². The van der Waals surface area contributed by atoms with E-state index in [1.54, 1.807) is 57.7 Å². The summed E-state index contributed by atoms with van der Waals surface area (Å²) in [5.74, 6) is 12.5. The summed E-state index contributed by atoms with van der Waals surface area (Å²) in [6.07, 6.45) is 5.62. The van der Waals surface area contributed by atoms with Crippen molar-refractivity contribution in [3.05, 3.63) is 118 Å². The van der Waals surface area contributed by atoms with Crippen LogP contribution in [0.25, 0.3) is 32.3 Å². The predicted octanol–water partition coefficient (Wildman–Crippen LogP) is 3.29. The third-order valence-electron chi connectivity index (χ3n) is 16.6. The Labute approximate surface area is 568 Å². The van der Waals surface area contributed by atoms with Gasteiger partial charge in [0.1, 0.15) is 43.4 Å². The number of nitrogens with one attached hydrogen (secondary N) is 4. The number of ether oxygens (including phenoxy) is 6. The minimum absolute atomic E-state index is 0.00318. The van der Waals surface area contributed by atoms with Crippen LogP contribution < -0.4 is 61.6 Å². The molecule has 0 radical (unpaired) electrons. The fraction of sp³-hybridized carbons (Fsp3) is 0.338. The number of nitrogens with zero attached hydrogens (tertiary/aromatic N) is 9. The lowest BCUT2D eigenvalue weighted by molar-refractivity contribution is -0.124. The minimum atomic E-state index is -1.58. The molecule has 3 aliphatic rings. The number of pyridine rings is 3. The highest BCUT2D eigenvalue weighted by atomic mass is 19.1. The number of nitrogens with two attached hydrogens (primary N) is 3. The van der Waals surface area contributed by atoms with Gasteiger partial charge in [-0.05, 0) is 66.8 Å². The summed E-state index contributed by atoms with van der Waals surface area (Å²) in [7, 11) is 7.37. The van der Waals surface area contributed by atoms with Crippen LogP contribution in [0.5, 0.6) is 34.9 Å². The minimum Gasteiger partial charge on any atom is -0.496 e. The second-order valence-electron chi connectivity index (χ2n) is 22.8. The van der Waals surface area contributed by atoms with Gasteiger partial charge in [0.05, 0.1) is 78.4 Å². The molecule has 7 amide bonds. The topological polar surface area (TPSA) is 411 Å². The SMILES string of the molecule is CC[C@@H]1[C@H](F)C(=O)N[C@@H]1COc1ncc(C#CC(=O)N(C)C)c2cc(C(N)=O)c(OC)cc12.CC[C@@H]1[C@H](F)C(=O)N[C@@H]1COc1ncc(C#Cc2cncnc2)c2cc(C(N)=O)c(OC)cc12.CC[C@@H]1[C@H](F)C(=O)N[C@@H]1COc1ncc(C#Cc2nn[nH]n2)c2cc(C(N)=O)c(OC)cc12. The predicted molar refractivity (Wildman–Crippen MR) is 352 cm³/mol. The molecule has 9 atom stereocenters. The standard InChI is InChI=1S/C24H22FN5O4.C23H25FN4O5.C21H20FN7O4/c1-3-15-19(30-23(32)21(15)25)11-34-24-17-7-20(33-2)18(22(26)31)6-16(17)14(10-29-24)5-4-13-8-27-12-28-9-13;1-5-13-17(27-22(31)20(13)24)11-33-23-15-9-18(32-4)16(21(25)30)8-14(15)12(10-26-23)6-7-19(29)28(2)3;1-3-11-15(25-20(31)18(11)22)9-33-21-13-7-16(32-2)14(19(23)30)6-12(13)10(8-24-21)4-5-17-26-28-29-27-17/h6-10,12,15,19,21H,3,11H2,1-2H3,(H2,26,31)(H,30,32);8-10,13,17,20H,5,11H2,1-4H3,(H2,25,30)(H,27,31);6-8,11,15,18H,3,9H2,1-2H3,(H2,23,30)(H,25,31)(H,26,27,28,29)/t15-,19+,21-;13-,17+,20-;11-,15+,18-/m000/s1. The highest BCUT2D eigenvalue weighted by Crippen LogP contribution is 2.37. The molecule has 0 aliphatic carbocycles. The molecule has 8 aromatic rings. The smallest absolute Gasteiger partial charge is 0.298 e. The lowest BCUT2D eigenvalue weighted by Crippen LogP contribution is -2.34. The van der Waals surface area contributed by atoms with Crippen molar-refractivity contribution in [2.45, 2.75) is 76.7 Å². The molecule has 8 heterocycles. The van der Waals surface area contributed by atoms with Crippen LogP contribution in [0.3, 0.4) is 0 Å². The molecule has 3 saturated heterocycles. The maximum Gasteiger partial charge on any atom is 0.298 e. The van der Waals surface area contributed by atoms with E-state index in [4.69, 9.17) is 45.6 Å². The van der Waals surface area contributed by atoms with Crippen molar-refractivity contribution in [3.63, 3.8) is 0 Å². The normalized spacial score (nSPS) is 19.4. The zero-order valence-electron chi connectivity index (χ0n) is 55.1. The number of benzene rings is 3. The first-order valence-electron chi connectivity index (χ1n) is 30.9. The number of hydrogen-bond donors (Lipinski definition) is 7. The molecule has 0 saturated carbocycles. The molecule has 3 fully saturated rings. The van der Waals surface area contributed by atoms with Gasteiger partial charge < -0.3 is 66.5 Å². The monoisotopic (exact) mass is 1370 g/mol. The van der Waals surface area contributed by atoms with Crippen LogP contribution in [-0.4, -0.2) is 184 Å². The quantitative estimate of drug-likeness (QED) is 0.0606. The van der Waals surface area contributed by atoms with Gasteiger partial charge in [0.25, 0.3) is 41.4 Å². The van der Waals surface area contributed by atoms with Crippen molar-refractivity contribution in [3.8, 4) is 70.4 Å². The number of fused-ring (bicyclic) bond motifs is 3. The summed E-state index contributed by atoms with van der Waals surface area (Å²) >= 11 is 0. The van der Waals surface area contributed by atoms with Crippen LogP contribution in [0.4, 0.5) is 13.2 Å². The number of aromatic amines is 1. The van der Waals surface area contributed by atoms with E-state index < -0.39 is 95.7 Å². The third kappa shape index (κ3) is 16.0. The number of amides is 7. The summed E-state index contributed by atoms with van der Waals surface area (Å²) in [6, 6.07) is 7.80. The van der Waals surface area contributed by atoms with E-state index >= 15 is 0 Å². The van der Waals surface area contributed by atoms with Crippen molar-refractivity contribution in [1.82, 2.24) is 66.4 Å². The molecule has 29 nitrogen and oxygen atoms in total. The Balaban J connectivity index is 0.000000175. The Morgan fingerprint density at radius 1 is 0.510 bits per heavy atom. The average Bonchev–Trinajstić information content (AvgIpc) is 0.812. The Kier molecular flexibility index (Phi) is 23.1. The number of tetrazole rings is 1. The number of halogens is 3. The van der Waals surface area contributed by atoms with Crippen molar-refractivity contribution in [2.24, 2.45) is 35.0 Å². The molecular weight excluding hydrogens is 1310 g/mol. The zero-order valence-corrected chi connectivity index (χ0v) is 55.1. The molecule has 11 rings (SSSR count). The molecule has 32 heteroatoms. The first kappa shape index (κ1) is 71.9. The van der Waals surface area contributed by atoms with Crippen molar-refractivity contribution in [2.75, 3.05) is 55.2 Å². The van der Waals surface area contributed by atoms with Gasteiger partial charge in [-0.1, -0.05) is 49.6 Å². The maximum absolute atomic E-state index is 14.1. The van der Waals surface area contributed by atoms with Gasteiger partial charge in [-0.15, -0.1) is 5.10 Å². The van der Waals surface area contributed by atoms with Gasteiger partial charge in [-0.2, -0.15) is 5.21 Å². The van der Waals surface area contributed by atoms with Gasteiger partial charge >= 0.3 is 0 Å². The van der Waals surface area contributed by atoms with E-state index in [-0.39, 0.29) is 77.2 Å².